The molecule has 0 N–H and O–H groups in total. The van der Waals surface area contributed by atoms with Gasteiger partial charge in [0.2, 0.25) is 0 Å². The molecular formula is C60H56AgBF4N4. The van der Waals surface area contributed by atoms with Gasteiger partial charge in [-0.05, 0) is 138 Å². The molecular weight excluding hydrogens is 971 g/mol. The predicted molar refractivity (Wildman–Crippen MR) is 285 cm³/mol. The molecule has 2 aliphatic rings. The Balaban J connectivity index is 0.000000186. The van der Waals surface area contributed by atoms with Crippen LogP contribution in [0, 0.1) is 83.1 Å². The summed E-state index contributed by atoms with van der Waals surface area (Å²) >= 11 is 0. The maximum absolute atomic E-state index is 9.75. The maximum atomic E-state index is 9.75. The van der Waals surface area contributed by atoms with Crippen LogP contribution < -0.4 is 0 Å². The summed E-state index contributed by atoms with van der Waals surface area (Å²) in [6.45, 7) is 25.7. The molecule has 0 bridgehead atoms. The molecule has 0 heterocycles. The molecule has 0 spiro atoms. The molecule has 0 radical (unpaired) electrons. The summed E-state index contributed by atoms with van der Waals surface area (Å²) in [4.78, 5) is 21.1. The smallest absolute Gasteiger partial charge is 0.418 e. The third-order valence-electron chi connectivity index (χ3n) is 12.7. The quantitative estimate of drug-likeness (QED) is 0.125. The van der Waals surface area contributed by atoms with Crippen molar-refractivity contribution in [3.63, 3.8) is 0 Å². The van der Waals surface area contributed by atoms with Gasteiger partial charge in [0, 0.05) is 33.0 Å². The number of hydrogen-bond donors (Lipinski definition) is 0. The van der Waals surface area contributed by atoms with Gasteiger partial charge < -0.3 is 17.3 Å². The fourth-order valence-electron chi connectivity index (χ4n) is 10.3. The molecule has 0 unspecified atom stereocenters. The molecule has 0 saturated heterocycles. The van der Waals surface area contributed by atoms with Crippen molar-refractivity contribution >= 4 is 74.4 Å². The molecule has 10 heteroatoms. The van der Waals surface area contributed by atoms with Crippen LogP contribution in [0.5, 0.6) is 0 Å². The van der Waals surface area contributed by atoms with Gasteiger partial charge in [-0.15, -0.1) is 0 Å². The summed E-state index contributed by atoms with van der Waals surface area (Å²) in [6.07, 6.45) is 0. The number of benzene rings is 8. The van der Waals surface area contributed by atoms with Crippen molar-refractivity contribution in [1.82, 2.24) is 0 Å². The minimum absolute atomic E-state index is 0. The normalized spacial score (nSPS) is 14.9. The SMILES string of the molecule is Cc1cc(C)c(N=C2C(=Nc3c(C)cc(C)cc3C)c3cccc4cccc2c34)c(C)c1.Cc1cc(C)c(N=C2C(=Nc3c(C)cc(C)cc3C)c3cccc4cccc2c34)c(C)c1.F[B-](F)(F)F.[Ag+]. The van der Waals surface area contributed by atoms with Crippen LogP contribution in [-0.4, -0.2) is 30.1 Å². The fourth-order valence-corrected chi connectivity index (χ4v) is 10.3. The monoisotopic (exact) mass is 1030 g/mol. The molecule has 358 valence electrons. The Morgan fingerprint density at radius 1 is 0.300 bits per heavy atom. The van der Waals surface area contributed by atoms with Crippen molar-refractivity contribution < 1.29 is 39.6 Å². The van der Waals surface area contributed by atoms with Crippen molar-refractivity contribution in [3.8, 4) is 0 Å². The molecule has 2 aliphatic carbocycles. The van der Waals surface area contributed by atoms with E-state index in [9.17, 15) is 17.3 Å². The standard InChI is InChI=1S/2C30H28N2.Ag.BF4/c2*1-17-13-19(3)27(20(4)14-17)31-29-24-11-7-9-23-10-8-12-25(26(23)24)30(29)32-28-21(5)15-18(2)16-22(28)6;;2-1(3,4)5/h2*7-16H,1-6H3;;/q;;+1;-1. The Hall–Kier alpha value is -6.51. The molecule has 0 fully saturated rings. The molecule has 0 amide bonds. The van der Waals surface area contributed by atoms with Crippen molar-refractivity contribution in [2.45, 2.75) is 83.1 Å². The summed E-state index contributed by atoms with van der Waals surface area (Å²) in [7, 11) is -6.00. The van der Waals surface area contributed by atoms with Crippen molar-refractivity contribution in [2.24, 2.45) is 20.0 Å². The third-order valence-corrected chi connectivity index (χ3v) is 12.7. The average molecular weight is 1030 g/mol. The summed E-state index contributed by atoms with van der Waals surface area (Å²) in [5.41, 5.74) is 27.3. The number of nitrogens with zero attached hydrogens (tertiary/aromatic N) is 4. The Morgan fingerprint density at radius 3 is 0.643 bits per heavy atom. The second-order valence-corrected chi connectivity index (χ2v) is 18.7. The second kappa shape index (κ2) is 20.4. The topological polar surface area (TPSA) is 49.4 Å². The van der Waals surface area contributed by atoms with Crippen LogP contribution in [0.1, 0.15) is 89.0 Å². The molecule has 0 aromatic heterocycles. The molecule has 8 aromatic carbocycles. The fraction of sp³-hybridized carbons (Fsp3) is 0.200. The molecule has 4 nitrogen and oxygen atoms in total. The second-order valence-electron chi connectivity index (χ2n) is 18.7. The van der Waals surface area contributed by atoms with Gasteiger partial charge in [-0.2, -0.15) is 0 Å². The van der Waals surface area contributed by atoms with Crippen LogP contribution in [-0.2, 0) is 22.4 Å². The number of aliphatic imine (C=N–C) groups is 4. The minimum Gasteiger partial charge on any atom is -0.418 e. The summed E-state index contributed by atoms with van der Waals surface area (Å²) < 4.78 is 39.0. The van der Waals surface area contributed by atoms with E-state index in [4.69, 9.17) is 20.0 Å². The zero-order chi connectivity index (χ0) is 49.6. The third kappa shape index (κ3) is 10.6. The number of aryl methyl sites for hydroxylation is 12. The average Bonchev–Trinajstić information content (AvgIpc) is 3.72. The van der Waals surface area contributed by atoms with E-state index in [-0.39, 0.29) is 22.4 Å². The van der Waals surface area contributed by atoms with Gasteiger partial charge >= 0.3 is 29.6 Å². The van der Waals surface area contributed by atoms with Crippen LogP contribution in [0.2, 0.25) is 0 Å². The predicted octanol–water partition coefficient (Wildman–Crippen LogP) is 17.2. The first-order valence-corrected chi connectivity index (χ1v) is 23.3. The Labute approximate surface area is 425 Å². The van der Waals surface area contributed by atoms with Gasteiger partial charge in [0.1, 0.15) is 0 Å². The summed E-state index contributed by atoms with van der Waals surface area (Å²) in [6, 6.07) is 43.6. The number of hydrogen-bond acceptors (Lipinski definition) is 4. The largest absolute Gasteiger partial charge is 1.00 e. The number of halogens is 4. The van der Waals surface area contributed by atoms with E-state index in [0.717, 1.165) is 45.6 Å². The molecule has 0 saturated carbocycles. The summed E-state index contributed by atoms with van der Waals surface area (Å²) in [5.74, 6) is 0. The first-order valence-electron chi connectivity index (χ1n) is 23.3. The first kappa shape index (κ1) is 51.3. The van der Waals surface area contributed by atoms with Gasteiger partial charge in [-0.1, -0.05) is 144 Å². The van der Waals surface area contributed by atoms with Crippen molar-refractivity contribution in [3.05, 3.63) is 210 Å². The van der Waals surface area contributed by atoms with Crippen molar-refractivity contribution in [2.75, 3.05) is 0 Å². The van der Waals surface area contributed by atoms with E-state index in [1.54, 1.807) is 0 Å². The molecule has 8 aromatic rings. The van der Waals surface area contributed by atoms with E-state index in [1.165, 1.54) is 111 Å². The molecule has 0 aliphatic heterocycles. The van der Waals surface area contributed by atoms with E-state index in [2.05, 4.69) is 204 Å². The Morgan fingerprint density at radius 2 is 0.471 bits per heavy atom. The van der Waals surface area contributed by atoms with Gasteiger partial charge in [0.25, 0.3) is 0 Å². The van der Waals surface area contributed by atoms with Crippen LogP contribution in [0.15, 0.2) is 141 Å². The first-order chi connectivity index (χ1) is 32.7. The zero-order valence-corrected chi connectivity index (χ0v) is 43.2. The Kier molecular flexibility index (Phi) is 15.0. The van der Waals surface area contributed by atoms with Gasteiger partial charge in [0.05, 0.1) is 45.6 Å². The van der Waals surface area contributed by atoms with E-state index >= 15 is 0 Å². The van der Waals surface area contributed by atoms with E-state index < -0.39 is 7.25 Å². The maximum Gasteiger partial charge on any atom is 1.00 e. The van der Waals surface area contributed by atoms with Crippen LogP contribution in [0.4, 0.5) is 40.0 Å². The van der Waals surface area contributed by atoms with E-state index in [1.807, 2.05) is 0 Å². The van der Waals surface area contributed by atoms with Gasteiger partial charge in [-0.3, -0.25) is 0 Å². The van der Waals surface area contributed by atoms with Gasteiger partial charge in [-0.25, -0.2) is 20.0 Å². The minimum atomic E-state index is -6.00. The molecule has 10 rings (SSSR count). The summed E-state index contributed by atoms with van der Waals surface area (Å²) in [5, 5.41) is 4.95. The number of rotatable bonds is 4. The van der Waals surface area contributed by atoms with Crippen LogP contribution in [0.25, 0.3) is 21.5 Å². The van der Waals surface area contributed by atoms with Crippen molar-refractivity contribution in [1.29, 1.82) is 0 Å². The van der Waals surface area contributed by atoms with Crippen LogP contribution >= 0.6 is 0 Å². The van der Waals surface area contributed by atoms with E-state index in [0.29, 0.717) is 0 Å². The Bertz CT molecular complexity index is 2990. The van der Waals surface area contributed by atoms with Gasteiger partial charge in [0.15, 0.2) is 0 Å². The van der Waals surface area contributed by atoms with Crippen LogP contribution in [0.3, 0.4) is 0 Å². The zero-order valence-electron chi connectivity index (χ0n) is 41.7. The molecule has 0 atom stereocenters. The molecule has 70 heavy (non-hydrogen) atoms.